The number of carbonyl (C=O) groups is 1. The van der Waals surface area contributed by atoms with E-state index in [1.807, 2.05) is 18.2 Å². The third-order valence-corrected chi connectivity index (χ3v) is 2.55. The lowest BCUT2D eigenvalue weighted by Crippen LogP contribution is -2.11. The summed E-state index contributed by atoms with van der Waals surface area (Å²) in [5.74, 6) is -0.362. The zero-order valence-corrected chi connectivity index (χ0v) is 8.89. The van der Waals surface area contributed by atoms with E-state index in [9.17, 15) is 4.79 Å². The number of hydrogen-bond donors (Lipinski definition) is 1. The van der Waals surface area contributed by atoms with Crippen molar-refractivity contribution in [3.05, 3.63) is 29.8 Å². The number of hydrogen-bond acceptors (Lipinski definition) is 3. The first-order chi connectivity index (χ1) is 7.77. The van der Waals surface area contributed by atoms with E-state index < -0.39 is 5.97 Å². The maximum Gasteiger partial charge on any atom is 0.341 e. The molecular weight excluding hydrogens is 208 g/mol. The van der Waals surface area contributed by atoms with E-state index in [2.05, 4.69) is 0 Å². The zero-order chi connectivity index (χ0) is 11.4. The smallest absolute Gasteiger partial charge is 0.341 e. The minimum absolute atomic E-state index is 0.0463. The highest BCUT2D eigenvalue weighted by molar-refractivity contribution is 5.68. The molecule has 0 saturated carbocycles. The van der Waals surface area contributed by atoms with E-state index in [1.54, 1.807) is 6.07 Å². The summed E-state index contributed by atoms with van der Waals surface area (Å²) in [6.07, 6.45) is 2.05. The molecule has 1 aliphatic heterocycles. The second-order valence-electron chi connectivity index (χ2n) is 3.72. The first-order valence-corrected chi connectivity index (χ1v) is 5.32. The van der Waals surface area contributed by atoms with Gasteiger partial charge in [0.2, 0.25) is 0 Å². The lowest BCUT2D eigenvalue weighted by Gasteiger charge is -2.14. The van der Waals surface area contributed by atoms with Gasteiger partial charge in [-0.25, -0.2) is 4.79 Å². The molecule has 0 bridgehead atoms. The molecule has 2 rings (SSSR count). The molecule has 1 N–H and O–H groups in total. The van der Waals surface area contributed by atoms with E-state index in [-0.39, 0.29) is 12.7 Å². The average molecular weight is 222 g/mol. The third-order valence-electron chi connectivity index (χ3n) is 2.55. The molecule has 1 aromatic carbocycles. The van der Waals surface area contributed by atoms with Gasteiger partial charge in [-0.2, -0.15) is 0 Å². The fraction of sp³-hybridized carbons (Fsp3) is 0.417. The lowest BCUT2D eigenvalue weighted by molar-refractivity contribution is -0.139. The van der Waals surface area contributed by atoms with Gasteiger partial charge >= 0.3 is 5.97 Å². The summed E-state index contributed by atoms with van der Waals surface area (Å²) >= 11 is 0. The standard InChI is InChI=1S/C12H14O4/c13-12(14)8-16-11-5-2-1-4-9(11)10-6-3-7-15-10/h1-2,4-5,10H,3,6-8H2,(H,13,14). The Morgan fingerprint density at radius 1 is 1.50 bits per heavy atom. The third kappa shape index (κ3) is 2.52. The predicted octanol–water partition coefficient (Wildman–Crippen LogP) is 2.00. The van der Waals surface area contributed by atoms with Crippen LogP contribution in [0.25, 0.3) is 0 Å². The highest BCUT2D eigenvalue weighted by Gasteiger charge is 2.21. The van der Waals surface area contributed by atoms with Crippen molar-refractivity contribution < 1.29 is 19.4 Å². The van der Waals surface area contributed by atoms with Gasteiger partial charge in [-0.3, -0.25) is 0 Å². The van der Waals surface area contributed by atoms with Crippen molar-refractivity contribution in [1.29, 1.82) is 0 Å². The summed E-state index contributed by atoms with van der Waals surface area (Å²) in [6, 6.07) is 7.44. The highest BCUT2D eigenvalue weighted by Crippen LogP contribution is 2.34. The molecule has 0 aromatic heterocycles. The van der Waals surface area contributed by atoms with Crippen molar-refractivity contribution in [1.82, 2.24) is 0 Å². The van der Waals surface area contributed by atoms with Gasteiger partial charge in [-0.15, -0.1) is 0 Å². The van der Waals surface area contributed by atoms with Crippen LogP contribution in [0.4, 0.5) is 0 Å². The van der Waals surface area contributed by atoms with Gasteiger partial charge in [0, 0.05) is 12.2 Å². The van der Waals surface area contributed by atoms with Crippen molar-refractivity contribution in [3.8, 4) is 5.75 Å². The number of carboxylic acids is 1. The molecule has 1 aliphatic rings. The van der Waals surface area contributed by atoms with Crippen LogP contribution in [0, 0.1) is 0 Å². The van der Waals surface area contributed by atoms with Crippen LogP contribution in [0.15, 0.2) is 24.3 Å². The summed E-state index contributed by atoms with van der Waals surface area (Å²) in [7, 11) is 0. The Morgan fingerprint density at radius 3 is 3.00 bits per heavy atom. The first-order valence-electron chi connectivity index (χ1n) is 5.32. The molecule has 1 heterocycles. The molecule has 16 heavy (non-hydrogen) atoms. The Morgan fingerprint density at radius 2 is 2.31 bits per heavy atom. The predicted molar refractivity (Wildman–Crippen MR) is 57.5 cm³/mol. The fourth-order valence-electron chi connectivity index (χ4n) is 1.84. The van der Waals surface area contributed by atoms with Gasteiger partial charge < -0.3 is 14.6 Å². The summed E-state index contributed by atoms with van der Waals surface area (Å²) in [4.78, 5) is 10.4. The maximum absolute atomic E-state index is 10.4. The van der Waals surface area contributed by atoms with Crippen LogP contribution in [-0.4, -0.2) is 24.3 Å². The largest absolute Gasteiger partial charge is 0.482 e. The lowest BCUT2D eigenvalue weighted by atomic mass is 10.1. The topological polar surface area (TPSA) is 55.8 Å². The second kappa shape index (κ2) is 4.99. The van der Waals surface area contributed by atoms with Crippen molar-refractivity contribution in [2.24, 2.45) is 0 Å². The van der Waals surface area contributed by atoms with Crippen LogP contribution in [0.3, 0.4) is 0 Å². The van der Waals surface area contributed by atoms with E-state index in [0.29, 0.717) is 5.75 Å². The van der Waals surface area contributed by atoms with Crippen molar-refractivity contribution in [3.63, 3.8) is 0 Å². The number of carboxylic acid groups (broad SMARTS) is 1. The minimum atomic E-state index is -0.970. The molecule has 0 radical (unpaired) electrons. The highest BCUT2D eigenvalue weighted by atomic mass is 16.5. The monoisotopic (exact) mass is 222 g/mol. The molecule has 86 valence electrons. The molecule has 1 saturated heterocycles. The van der Waals surface area contributed by atoms with Crippen LogP contribution >= 0.6 is 0 Å². The number of ether oxygens (including phenoxy) is 2. The van der Waals surface area contributed by atoms with Gasteiger partial charge in [-0.05, 0) is 18.9 Å². The van der Waals surface area contributed by atoms with Gasteiger partial charge in [-0.1, -0.05) is 18.2 Å². The summed E-state index contributed by atoms with van der Waals surface area (Å²) in [5, 5.41) is 8.57. The van der Waals surface area contributed by atoms with Gasteiger partial charge in [0.15, 0.2) is 6.61 Å². The SMILES string of the molecule is O=C(O)COc1ccccc1C1CCCO1. The van der Waals surface area contributed by atoms with E-state index in [0.717, 1.165) is 25.0 Å². The van der Waals surface area contributed by atoms with Crippen LogP contribution in [0.2, 0.25) is 0 Å². The zero-order valence-electron chi connectivity index (χ0n) is 8.89. The summed E-state index contributed by atoms with van der Waals surface area (Å²) in [5.41, 5.74) is 0.946. The molecule has 1 aromatic rings. The molecule has 4 heteroatoms. The quantitative estimate of drug-likeness (QED) is 0.846. The minimum Gasteiger partial charge on any atom is -0.482 e. The Hall–Kier alpha value is -1.55. The summed E-state index contributed by atoms with van der Waals surface area (Å²) < 4.78 is 10.8. The molecule has 0 amide bonds. The Kier molecular flexibility index (Phi) is 3.41. The Balaban J connectivity index is 2.13. The second-order valence-corrected chi connectivity index (χ2v) is 3.72. The van der Waals surface area contributed by atoms with Crippen LogP contribution in [0.1, 0.15) is 24.5 Å². The number of rotatable bonds is 4. The number of aliphatic carboxylic acids is 1. The van der Waals surface area contributed by atoms with Crippen LogP contribution in [0.5, 0.6) is 5.75 Å². The first kappa shape index (κ1) is 11.0. The number of benzene rings is 1. The van der Waals surface area contributed by atoms with Gasteiger partial charge in [0.25, 0.3) is 0 Å². The fourth-order valence-corrected chi connectivity index (χ4v) is 1.84. The Labute approximate surface area is 93.8 Å². The molecule has 0 spiro atoms. The molecule has 1 fully saturated rings. The van der Waals surface area contributed by atoms with Crippen LogP contribution < -0.4 is 4.74 Å². The average Bonchev–Trinajstić information content (AvgIpc) is 2.80. The van der Waals surface area contributed by atoms with Crippen LogP contribution in [-0.2, 0) is 9.53 Å². The van der Waals surface area contributed by atoms with E-state index >= 15 is 0 Å². The molecule has 1 atom stereocenters. The van der Waals surface area contributed by atoms with Crippen molar-refractivity contribution in [2.75, 3.05) is 13.2 Å². The number of para-hydroxylation sites is 1. The molecule has 0 aliphatic carbocycles. The Bertz CT molecular complexity index is 369. The molecular formula is C12H14O4. The molecule has 4 nitrogen and oxygen atoms in total. The summed E-state index contributed by atoms with van der Waals surface area (Å²) in [6.45, 7) is 0.446. The van der Waals surface area contributed by atoms with Gasteiger partial charge in [0.05, 0.1) is 6.10 Å². The van der Waals surface area contributed by atoms with Gasteiger partial charge in [0.1, 0.15) is 5.75 Å². The van der Waals surface area contributed by atoms with Crippen molar-refractivity contribution >= 4 is 5.97 Å². The van der Waals surface area contributed by atoms with E-state index in [1.165, 1.54) is 0 Å². The normalized spacial score (nSPS) is 19.6. The molecule has 1 unspecified atom stereocenters. The van der Waals surface area contributed by atoms with E-state index in [4.69, 9.17) is 14.6 Å². The maximum atomic E-state index is 10.4. The van der Waals surface area contributed by atoms with Crippen molar-refractivity contribution in [2.45, 2.75) is 18.9 Å².